The van der Waals surface area contributed by atoms with Crippen LogP contribution in [0.25, 0.3) is 0 Å². The Morgan fingerprint density at radius 2 is 2.25 bits per heavy atom. The Hall–Kier alpha value is -1.38. The summed E-state index contributed by atoms with van der Waals surface area (Å²) in [6.07, 6.45) is 12.3. The highest BCUT2D eigenvalue weighted by atomic mass is 15.4. The fourth-order valence-corrected chi connectivity index (χ4v) is 1.78. The van der Waals surface area contributed by atoms with Crippen molar-refractivity contribution in [2.75, 3.05) is 0 Å². The second-order valence-electron chi connectivity index (χ2n) is 4.57. The summed E-state index contributed by atoms with van der Waals surface area (Å²) in [6, 6.07) is 0. The van der Waals surface area contributed by atoms with Gasteiger partial charge < -0.3 is 0 Å². The Bertz CT molecular complexity index is 399. The average Bonchev–Trinajstić information content (AvgIpc) is 2.76. The molecule has 1 aliphatic carbocycles. The molecule has 0 saturated carbocycles. The number of hydrogen-bond donors (Lipinski definition) is 0. The van der Waals surface area contributed by atoms with Gasteiger partial charge in [-0.15, -0.1) is 5.10 Å². The van der Waals surface area contributed by atoms with E-state index in [9.17, 15) is 0 Å². The predicted molar refractivity (Wildman–Crippen MR) is 65.2 cm³/mol. The van der Waals surface area contributed by atoms with Crippen molar-refractivity contribution in [3.05, 3.63) is 35.7 Å². The molecule has 0 fully saturated rings. The van der Waals surface area contributed by atoms with E-state index in [4.69, 9.17) is 0 Å². The quantitative estimate of drug-likeness (QED) is 0.776. The first kappa shape index (κ1) is 11.1. The molecule has 0 bridgehead atoms. The minimum absolute atomic E-state index is 0.461. The lowest BCUT2D eigenvalue weighted by Gasteiger charge is -2.06. The molecule has 0 aliphatic heterocycles. The SMILES string of the molecule is CC(C)c1cn(CCC2=CCCC=C2)nn1. The minimum Gasteiger partial charge on any atom is -0.252 e. The van der Waals surface area contributed by atoms with Crippen molar-refractivity contribution in [1.82, 2.24) is 15.0 Å². The van der Waals surface area contributed by atoms with E-state index >= 15 is 0 Å². The topological polar surface area (TPSA) is 30.7 Å². The molecule has 0 unspecified atom stereocenters. The zero-order valence-electron chi connectivity index (χ0n) is 10.1. The van der Waals surface area contributed by atoms with Crippen molar-refractivity contribution < 1.29 is 0 Å². The highest BCUT2D eigenvalue weighted by Gasteiger charge is 2.05. The van der Waals surface area contributed by atoms with Crippen molar-refractivity contribution in [1.29, 1.82) is 0 Å². The van der Waals surface area contributed by atoms with Gasteiger partial charge in [-0.05, 0) is 25.2 Å². The van der Waals surface area contributed by atoms with E-state index in [1.807, 2.05) is 4.68 Å². The summed E-state index contributed by atoms with van der Waals surface area (Å²) in [5.41, 5.74) is 2.50. The maximum Gasteiger partial charge on any atom is 0.0852 e. The average molecular weight is 217 g/mol. The Kier molecular flexibility index (Phi) is 3.54. The summed E-state index contributed by atoms with van der Waals surface area (Å²) in [5.74, 6) is 0.461. The van der Waals surface area contributed by atoms with Crippen LogP contribution in [0.15, 0.2) is 30.0 Å². The molecule has 0 aromatic carbocycles. The molecule has 0 radical (unpaired) electrons. The molecule has 3 nitrogen and oxygen atoms in total. The molecule has 1 aromatic rings. The molecule has 16 heavy (non-hydrogen) atoms. The van der Waals surface area contributed by atoms with E-state index in [0.717, 1.165) is 18.7 Å². The third-order valence-electron chi connectivity index (χ3n) is 2.85. The summed E-state index contributed by atoms with van der Waals surface area (Å²) in [6.45, 7) is 5.21. The van der Waals surface area contributed by atoms with Gasteiger partial charge in [-0.1, -0.05) is 42.9 Å². The number of hydrogen-bond acceptors (Lipinski definition) is 2. The summed E-state index contributed by atoms with van der Waals surface area (Å²) < 4.78 is 1.94. The van der Waals surface area contributed by atoms with Crippen LogP contribution >= 0.6 is 0 Å². The van der Waals surface area contributed by atoms with Crippen molar-refractivity contribution in [2.24, 2.45) is 0 Å². The lowest BCUT2D eigenvalue weighted by Crippen LogP contribution is -2.00. The van der Waals surface area contributed by atoms with Crippen molar-refractivity contribution in [3.63, 3.8) is 0 Å². The van der Waals surface area contributed by atoms with E-state index in [2.05, 4.69) is 48.6 Å². The minimum atomic E-state index is 0.461. The zero-order chi connectivity index (χ0) is 11.4. The van der Waals surface area contributed by atoms with Gasteiger partial charge in [-0.25, -0.2) is 0 Å². The smallest absolute Gasteiger partial charge is 0.0852 e. The van der Waals surface area contributed by atoms with Crippen LogP contribution in [0.1, 0.15) is 44.7 Å². The highest BCUT2D eigenvalue weighted by Crippen LogP contribution is 2.14. The maximum absolute atomic E-state index is 4.15. The standard InChI is InChI=1S/C13H19N3/c1-11(2)13-10-16(15-14-13)9-8-12-6-4-3-5-7-12/h4,6-7,10-11H,3,5,8-9H2,1-2H3. The van der Waals surface area contributed by atoms with Gasteiger partial charge in [-0.2, -0.15) is 0 Å². The van der Waals surface area contributed by atoms with Crippen LogP contribution in [0.2, 0.25) is 0 Å². The van der Waals surface area contributed by atoms with Gasteiger partial charge >= 0.3 is 0 Å². The lowest BCUT2D eigenvalue weighted by molar-refractivity contribution is 0.589. The first-order valence-corrected chi connectivity index (χ1v) is 6.01. The number of aromatic nitrogens is 3. The molecule has 0 spiro atoms. The molecule has 0 saturated heterocycles. The molecular formula is C13H19N3. The lowest BCUT2D eigenvalue weighted by atomic mass is 10.0. The van der Waals surface area contributed by atoms with E-state index in [1.165, 1.54) is 18.4 Å². The normalized spacial score (nSPS) is 15.6. The monoisotopic (exact) mass is 217 g/mol. The van der Waals surface area contributed by atoms with Gasteiger partial charge in [0, 0.05) is 12.7 Å². The Balaban J connectivity index is 1.89. The van der Waals surface area contributed by atoms with E-state index in [0.29, 0.717) is 5.92 Å². The van der Waals surface area contributed by atoms with Gasteiger partial charge in [0.2, 0.25) is 0 Å². The Morgan fingerprint density at radius 3 is 2.88 bits per heavy atom. The summed E-state index contributed by atoms with van der Waals surface area (Å²) in [5, 5.41) is 8.29. The Morgan fingerprint density at radius 1 is 1.38 bits per heavy atom. The van der Waals surface area contributed by atoms with Crippen LogP contribution < -0.4 is 0 Å². The fraction of sp³-hybridized carbons (Fsp3) is 0.538. The first-order valence-electron chi connectivity index (χ1n) is 6.01. The molecule has 3 heteroatoms. The second-order valence-corrected chi connectivity index (χ2v) is 4.57. The molecular weight excluding hydrogens is 198 g/mol. The van der Waals surface area contributed by atoms with Gasteiger partial charge in [0.25, 0.3) is 0 Å². The summed E-state index contributed by atoms with van der Waals surface area (Å²) in [7, 11) is 0. The first-order chi connectivity index (χ1) is 7.75. The van der Waals surface area contributed by atoms with E-state index in [-0.39, 0.29) is 0 Å². The number of allylic oxidation sites excluding steroid dienone is 4. The van der Waals surface area contributed by atoms with E-state index < -0.39 is 0 Å². The third kappa shape index (κ3) is 2.81. The number of rotatable bonds is 4. The molecule has 1 heterocycles. The van der Waals surface area contributed by atoms with Gasteiger partial charge in [-0.3, -0.25) is 4.68 Å². The van der Waals surface area contributed by atoms with Crippen LogP contribution in [-0.4, -0.2) is 15.0 Å². The van der Waals surface area contributed by atoms with Crippen LogP contribution in [0, 0.1) is 0 Å². The molecule has 0 N–H and O–H groups in total. The number of nitrogens with zero attached hydrogens (tertiary/aromatic N) is 3. The zero-order valence-corrected chi connectivity index (χ0v) is 10.1. The number of aryl methyl sites for hydroxylation is 1. The molecule has 2 rings (SSSR count). The maximum atomic E-state index is 4.15. The molecule has 86 valence electrons. The summed E-state index contributed by atoms with van der Waals surface area (Å²) in [4.78, 5) is 0. The van der Waals surface area contributed by atoms with Gasteiger partial charge in [0.15, 0.2) is 0 Å². The molecule has 0 amide bonds. The summed E-state index contributed by atoms with van der Waals surface area (Å²) >= 11 is 0. The van der Waals surface area contributed by atoms with Crippen molar-refractivity contribution in [2.45, 2.75) is 45.6 Å². The molecule has 1 aromatic heterocycles. The van der Waals surface area contributed by atoms with Crippen LogP contribution in [0.5, 0.6) is 0 Å². The highest BCUT2D eigenvalue weighted by molar-refractivity contribution is 5.21. The van der Waals surface area contributed by atoms with Gasteiger partial charge in [0.1, 0.15) is 0 Å². The van der Waals surface area contributed by atoms with Crippen LogP contribution in [-0.2, 0) is 6.54 Å². The van der Waals surface area contributed by atoms with Gasteiger partial charge in [0.05, 0.1) is 5.69 Å². The third-order valence-corrected chi connectivity index (χ3v) is 2.85. The molecule has 1 aliphatic rings. The molecule has 0 atom stereocenters. The van der Waals surface area contributed by atoms with Crippen molar-refractivity contribution in [3.8, 4) is 0 Å². The van der Waals surface area contributed by atoms with Crippen molar-refractivity contribution >= 4 is 0 Å². The van der Waals surface area contributed by atoms with E-state index in [1.54, 1.807) is 0 Å². The largest absolute Gasteiger partial charge is 0.252 e. The predicted octanol–water partition coefficient (Wildman–Crippen LogP) is 3.07. The Labute approximate surface area is 96.9 Å². The fourth-order valence-electron chi connectivity index (χ4n) is 1.78. The van der Waals surface area contributed by atoms with Crippen LogP contribution in [0.4, 0.5) is 0 Å². The second kappa shape index (κ2) is 5.10. The van der Waals surface area contributed by atoms with Crippen LogP contribution in [0.3, 0.4) is 0 Å².